The molecular formula is C3H6N4O. The molecule has 0 aliphatic carbocycles. The first-order chi connectivity index (χ1) is 3.83. The van der Waals surface area contributed by atoms with Crippen LogP contribution < -0.4 is 11.1 Å². The van der Waals surface area contributed by atoms with E-state index in [1.807, 2.05) is 0 Å². The highest BCUT2D eigenvalue weighted by Gasteiger charge is 1.95. The van der Waals surface area contributed by atoms with Crippen molar-refractivity contribution in [3.8, 4) is 0 Å². The lowest BCUT2D eigenvalue weighted by atomic mass is 11.0. The Hall–Kier alpha value is -1.26. The maximum atomic E-state index is 5.07. The summed E-state index contributed by atoms with van der Waals surface area (Å²) < 4.78 is 4.41. The highest BCUT2D eigenvalue weighted by atomic mass is 16.5. The molecule has 0 saturated heterocycles. The predicted octanol–water partition coefficient (Wildman–Crippen LogP) is -0.307. The van der Waals surface area contributed by atoms with Crippen molar-refractivity contribution in [2.45, 2.75) is 0 Å². The Morgan fingerprint density at radius 3 is 2.75 bits per heavy atom. The summed E-state index contributed by atoms with van der Waals surface area (Å²) in [5.41, 5.74) is 5.07. The smallest absolute Gasteiger partial charge is 0.320 e. The molecule has 0 fully saturated rings. The highest BCUT2D eigenvalue weighted by molar-refractivity contribution is 5.25. The maximum Gasteiger partial charge on any atom is 0.320 e. The van der Waals surface area contributed by atoms with Gasteiger partial charge in [0.15, 0.2) is 0 Å². The summed E-state index contributed by atoms with van der Waals surface area (Å²) >= 11 is 0. The first-order valence-corrected chi connectivity index (χ1v) is 2.10. The minimum Gasteiger partial charge on any atom is -0.355 e. The van der Waals surface area contributed by atoms with Gasteiger partial charge in [-0.25, -0.2) is 0 Å². The van der Waals surface area contributed by atoms with E-state index in [1.165, 1.54) is 0 Å². The molecule has 0 unspecified atom stereocenters. The van der Waals surface area contributed by atoms with Crippen LogP contribution in [0.4, 0.5) is 12.0 Å². The Kier molecular flexibility index (Phi) is 1.03. The minimum atomic E-state index is 0.0781. The highest BCUT2D eigenvalue weighted by Crippen LogP contribution is 1.99. The molecule has 0 bridgehead atoms. The summed E-state index contributed by atoms with van der Waals surface area (Å²) in [6, 6.07) is 0.0781. The normalized spacial score (nSPS) is 9.12. The number of nitrogen functional groups attached to an aromatic ring is 1. The standard InChI is InChI=1S/C3H6N4O/c1-5-3-6-2(4)8-7-3/h1H3,(H3,4,5,6,7). The van der Waals surface area contributed by atoms with E-state index in [1.54, 1.807) is 7.05 Å². The average molecular weight is 114 g/mol. The molecule has 44 valence electrons. The van der Waals surface area contributed by atoms with E-state index in [-0.39, 0.29) is 6.01 Å². The monoisotopic (exact) mass is 114 g/mol. The summed E-state index contributed by atoms with van der Waals surface area (Å²) in [6.45, 7) is 0. The number of hydrogen-bond donors (Lipinski definition) is 2. The second kappa shape index (κ2) is 1.69. The Morgan fingerprint density at radius 1 is 1.75 bits per heavy atom. The molecule has 5 nitrogen and oxygen atoms in total. The fourth-order valence-electron chi connectivity index (χ4n) is 0.337. The van der Waals surface area contributed by atoms with Gasteiger partial charge in [0, 0.05) is 7.05 Å². The molecule has 8 heavy (non-hydrogen) atoms. The Morgan fingerprint density at radius 2 is 2.50 bits per heavy atom. The number of rotatable bonds is 1. The quantitative estimate of drug-likeness (QED) is 0.523. The van der Waals surface area contributed by atoms with Crippen LogP contribution in [0.5, 0.6) is 0 Å². The van der Waals surface area contributed by atoms with Gasteiger partial charge in [-0.15, -0.1) is 0 Å². The molecule has 1 rings (SSSR count). The van der Waals surface area contributed by atoms with Gasteiger partial charge in [-0.3, -0.25) is 0 Å². The van der Waals surface area contributed by atoms with Gasteiger partial charge in [-0.1, -0.05) is 0 Å². The minimum absolute atomic E-state index is 0.0781. The summed E-state index contributed by atoms with van der Waals surface area (Å²) in [4.78, 5) is 3.62. The SMILES string of the molecule is CNc1noc(N)n1. The van der Waals surface area contributed by atoms with Gasteiger partial charge in [-0.05, 0) is 5.16 Å². The molecular weight excluding hydrogens is 108 g/mol. The number of anilines is 2. The molecule has 0 radical (unpaired) electrons. The van der Waals surface area contributed by atoms with Crippen molar-refractivity contribution >= 4 is 12.0 Å². The van der Waals surface area contributed by atoms with Crippen molar-refractivity contribution in [3.63, 3.8) is 0 Å². The van der Waals surface area contributed by atoms with E-state index < -0.39 is 0 Å². The molecule has 0 aliphatic rings. The van der Waals surface area contributed by atoms with Gasteiger partial charge in [0.05, 0.1) is 0 Å². The number of nitrogens with two attached hydrogens (primary N) is 1. The third kappa shape index (κ3) is 0.699. The Bertz CT molecular complexity index is 172. The van der Waals surface area contributed by atoms with Crippen LogP contribution >= 0.6 is 0 Å². The second-order valence-electron chi connectivity index (χ2n) is 1.21. The molecule has 5 heteroatoms. The number of aromatic nitrogens is 2. The fraction of sp³-hybridized carbons (Fsp3) is 0.333. The van der Waals surface area contributed by atoms with E-state index in [0.29, 0.717) is 5.95 Å². The van der Waals surface area contributed by atoms with E-state index in [4.69, 9.17) is 5.73 Å². The lowest BCUT2D eigenvalue weighted by Gasteiger charge is -1.80. The van der Waals surface area contributed by atoms with Gasteiger partial charge >= 0.3 is 6.01 Å². The van der Waals surface area contributed by atoms with Crippen LogP contribution in [-0.2, 0) is 0 Å². The molecule has 0 saturated carbocycles. The predicted molar refractivity (Wildman–Crippen MR) is 28.3 cm³/mol. The zero-order chi connectivity index (χ0) is 5.98. The van der Waals surface area contributed by atoms with Crippen LogP contribution in [-0.4, -0.2) is 17.2 Å². The van der Waals surface area contributed by atoms with E-state index in [2.05, 4.69) is 20.0 Å². The van der Waals surface area contributed by atoms with Gasteiger partial charge < -0.3 is 15.6 Å². The van der Waals surface area contributed by atoms with Crippen molar-refractivity contribution in [1.82, 2.24) is 10.1 Å². The maximum absolute atomic E-state index is 5.07. The largest absolute Gasteiger partial charge is 0.355 e. The number of nitrogens with zero attached hydrogens (tertiary/aromatic N) is 2. The zero-order valence-electron chi connectivity index (χ0n) is 4.38. The van der Waals surface area contributed by atoms with Crippen molar-refractivity contribution in [3.05, 3.63) is 0 Å². The first kappa shape index (κ1) is 4.89. The first-order valence-electron chi connectivity index (χ1n) is 2.10. The molecule has 0 aromatic carbocycles. The second-order valence-corrected chi connectivity index (χ2v) is 1.21. The van der Waals surface area contributed by atoms with E-state index in [9.17, 15) is 0 Å². The lowest BCUT2D eigenvalue weighted by molar-refractivity contribution is 0.437. The van der Waals surface area contributed by atoms with Gasteiger partial charge in [0.25, 0.3) is 5.95 Å². The Labute approximate surface area is 45.9 Å². The lowest BCUT2D eigenvalue weighted by Crippen LogP contribution is -1.89. The molecule has 1 aromatic heterocycles. The summed E-state index contributed by atoms with van der Waals surface area (Å²) in [6.07, 6.45) is 0. The zero-order valence-corrected chi connectivity index (χ0v) is 4.38. The summed E-state index contributed by atoms with van der Waals surface area (Å²) in [5.74, 6) is 0.405. The van der Waals surface area contributed by atoms with E-state index in [0.717, 1.165) is 0 Å². The third-order valence-electron chi connectivity index (χ3n) is 0.665. The number of nitrogens with one attached hydrogen (secondary N) is 1. The van der Waals surface area contributed by atoms with Crippen LogP contribution in [0, 0.1) is 0 Å². The molecule has 0 atom stereocenters. The topological polar surface area (TPSA) is 77.0 Å². The Balaban J connectivity index is 2.84. The molecule has 0 aliphatic heterocycles. The van der Waals surface area contributed by atoms with Crippen LogP contribution in [0.3, 0.4) is 0 Å². The number of hydrogen-bond acceptors (Lipinski definition) is 5. The van der Waals surface area contributed by atoms with Crippen molar-refractivity contribution < 1.29 is 4.52 Å². The van der Waals surface area contributed by atoms with Crippen LogP contribution in [0.1, 0.15) is 0 Å². The van der Waals surface area contributed by atoms with Gasteiger partial charge in [0.2, 0.25) is 0 Å². The van der Waals surface area contributed by atoms with Crippen molar-refractivity contribution in [2.75, 3.05) is 18.1 Å². The summed E-state index contributed by atoms with van der Waals surface area (Å²) in [5, 5.41) is 6.06. The molecule has 1 heterocycles. The summed E-state index contributed by atoms with van der Waals surface area (Å²) in [7, 11) is 1.68. The van der Waals surface area contributed by atoms with E-state index >= 15 is 0 Å². The van der Waals surface area contributed by atoms with Gasteiger partial charge in [-0.2, -0.15) is 4.98 Å². The third-order valence-corrected chi connectivity index (χ3v) is 0.665. The van der Waals surface area contributed by atoms with Gasteiger partial charge in [0.1, 0.15) is 0 Å². The van der Waals surface area contributed by atoms with Crippen molar-refractivity contribution in [1.29, 1.82) is 0 Å². The molecule has 1 aromatic rings. The molecule has 3 N–H and O–H groups in total. The average Bonchev–Trinajstić information content (AvgIpc) is 2.14. The molecule has 0 amide bonds. The van der Waals surface area contributed by atoms with Crippen LogP contribution in [0.25, 0.3) is 0 Å². The van der Waals surface area contributed by atoms with Crippen molar-refractivity contribution in [2.24, 2.45) is 0 Å². The van der Waals surface area contributed by atoms with Crippen LogP contribution in [0.15, 0.2) is 4.52 Å². The fourth-order valence-corrected chi connectivity index (χ4v) is 0.337. The van der Waals surface area contributed by atoms with Crippen LogP contribution in [0.2, 0.25) is 0 Å². The molecule has 0 spiro atoms.